The first kappa shape index (κ1) is 12.5. The van der Waals surface area contributed by atoms with E-state index in [1.807, 2.05) is 30.3 Å². The van der Waals surface area contributed by atoms with Crippen LogP contribution in [0.2, 0.25) is 0 Å². The van der Waals surface area contributed by atoms with E-state index >= 15 is 0 Å². The quantitative estimate of drug-likeness (QED) is 0.707. The van der Waals surface area contributed by atoms with E-state index in [9.17, 15) is 0 Å². The molecule has 3 rings (SSSR count). The maximum atomic E-state index is 5.84. The Labute approximate surface area is 121 Å². The number of benzene rings is 2. The maximum Gasteiger partial charge on any atom is 0.184 e. The molecule has 0 aliphatic rings. The van der Waals surface area contributed by atoms with Crippen molar-refractivity contribution in [3.05, 3.63) is 59.7 Å². The summed E-state index contributed by atoms with van der Waals surface area (Å²) in [5.41, 5.74) is 3.41. The molecule has 0 spiro atoms. The lowest BCUT2D eigenvalue weighted by molar-refractivity contribution is 1.13. The highest BCUT2D eigenvalue weighted by atomic mass is 35.5. The van der Waals surface area contributed by atoms with Gasteiger partial charge in [-0.1, -0.05) is 47.7 Å². The van der Waals surface area contributed by atoms with Gasteiger partial charge in [0, 0.05) is 12.4 Å². The molecule has 0 bridgehead atoms. The Balaban J connectivity index is 1.74. The summed E-state index contributed by atoms with van der Waals surface area (Å²) in [5, 5.41) is 4.32. The lowest BCUT2D eigenvalue weighted by Crippen LogP contribution is -1.99. The van der Waals surface area contributed by atoms with Crippen LogP contribution in [-0.2, 0) is 12.4 Å². The minimum Gasteiger partial charge on any atom is -0.357 e. The largest absolute Gasteiger partial charge is 0.357 e. The number of alkyl halides is 1. The molecule has 2 aromatic carbocycles. The summed E-state index contributed by atoms with van der Waals surface area (Å²) in [6.45, 7) is 0.768. The zero-order valence-electron chi connectivity index (χ0n) is 10.3. The Kier molecular flexibility index (Phi) is 3.67. The SMILES string of the molecule is ClCc1cccc(CNc2nc3ccccc3s2)c1. The third kappa shape index (κ3) is 2.88. The highest BCUT2D eigenvalue weighted by molar-refractivity contribution is 7.22. The molecule has 19 heavy (non-hydrogen) atoms. The van der Waals surface area contributed by atoms with Crippen LogP contribution in [0.1, 0.15) is 11.1 Å². The van der Waals surface area contributed by atoms with Crippen molar-refractivity contribution in [2.75, 3.05) is 5.32 Å². The molecular formula is C15H13ClN2S. The van der Waals surface area contributed by atoms with Gasteiger partial charge in [-0.05, 0) is 23.3 Å². The highest BCUT2D eigenvalue weighted by Gasteiger charge is 2.02. The van der Waals surface area contributed by atoms with Crippen molar-refractivity contribution >= 4 is 38.3 Å². The summed E-state index contributed by atoms with van der Waals surface area (Å²) < 4.78 is 1.21. The molecule has 1 heterocycles. The van der Waals surface area contributed by atoms with Crippen molar-refractivity contribution in [2.24, 2.45) is 0 Å². The molecule has 1 aromatic heterocycles. The lowest BCUT2D eigenvalue weighted by Gasteiger charge is -2.04. The highest BCUT2D eigenvalue weighted by Crippen LogP contribution is 2.25. The minimum absolute atomic E-state index is 0.551. The molecule has 0 radical (unpaired) electrons. The van der Waals surface area contributed by atoms with Gasteiger partial charge in [0.15, 0.2) is 5.13 Å². The van der Waals surface area contributed by atoms with Crippen LogP contribution in [-0.4, -0.2) is 4.98 Å². The van der Waals surface area contributed by atoms with Gasteiger partial charge in [0.2, 0.25) is 0 Å². The first-order chi connectivity index (χ1) is 9.35. The zero-order valence-corrected chi connectivity index (χ0v) is 11.8. The fourth-order valence-electron chi connectivity index (χ4n) is 1.95. The van der Waals surface area contributed by atoms with Crippen LogP contribution < -0.4 is 5.32 Å². The second-order valence-corrected chi connectivity index (χ2v) is 5.59. The van der Waals surface area contributed by atoms with Crippen molar-refractivity contribution < 1.29 is 0 Å². The third-order valence-corrected chi connectivity index (χ3v) is 4.19. The number of nitrogens with zero attached hydrogens (tertiary/aromatic N) is 1. The van der Waals surface area contributed by atoms with Crippen molar-refractivity contribution in [1.82, 2.24) is 4.98 Å². The van der Waals surface area contributed by atoms with Gasteiger partial charge in [0.05, 0.1) is 10.2 Å². The zero-order chi connectivity index (χ0) is 13.1. The number of fused-ring (bicyclic) bond motifs is 1. The van der Waals surface area contributed by atoms with Gasteiger partial charge in [-0.3, -0.25) is 0 Å². The number of hydrogen-bond acceptors (Lipinski definition) is 3. The topological polar surface area (TPSA) is 24.9 Å². The second-order valence-electron chi connectivity index (χ2n) is 4.29. The molecule has 2 nitrogen and oxygen atoms in total. The van der Waals surface area contributed by atoms with Crippen LogP contribution in [0.3, 0.4) is 0 Å². The van der Waals surface area contributed by atoms with Crippen LogP contribution in [0.5, 0.6) is 0 Å². The maximum absolute atomic E-state index is 5.84. The van der Waals surface area contributed by atoms with Crippen LogP contribution in [0.4, 0.5) is 5.13 Å². The summed E-state index contributed by atoms with van der Waals surface area (Å²) >= 11 is 7.52. The number of rotatable bonds is 4. The number of nitrogens with one attached hydrogen (secondary N) is 1. The Morgan fingerprint density at radius 2 is 1.89 bits per heavy atom. The van der Waals surface area contributed by atoms with Gasteiger partial charge in [0.25, 0.3) is 0 Å². The van der Waals surface area contributed by atoms with Crippen LogP contribution in [0.25, 0.3) is 10.2 Å². The average molecular weight is 289 g/mol. The predicted molar refractivity (Wildman–Crippen MR) is 82.9 cm³/mol. The average Bonchev–Trinajstić information content (AvgIpc) is 2.88. The molecule has 0 amide bonds. The van der Waals surface area contributed by atoms with E-state index in [-0.39, 0.29) is 0 Å². The van der Waals surface area contributed by atoms with E-state index in [1.165, 1.54) is 10.3 Å². The molecule has 0 unspecified atom stereocenters. The first-order valence-corrected chi connectivity index (χ1v) is 7.43. The molecule has 1 N–H and O–H groups in total. The van der Waals surface area contributed by atoms with Gasteiger partial charge in [-0.25, -0.2) is 4.98 Å². The molecule has 0 atom stereocenters. The van der Waals surface area contributed by atoms with Gasteiger partial charge in [-0.2, -0.15) is 0 Å². The fraction of sp³-hybridized carbons (Fsp3) is 0.133. The molecule has 0 saturated carbocycles. The molecular weight excluding hydrogens is 276 g/mol. The number of thiazole rings is 1. The smallest absolute Gasteiger partial charge is 0.184 e. The van der Waals surface area contributed by atoms with Crippen LogP contribution in [0, 0.1) is 0 Å². The minimum atomic E-state index is 0.551. The van der Waals surface area contributed by atoms with Gasteiger partial charge >= 0.3 is 0 Å². The van der Waals surface area contributed by atoms with E-state index in [4.69, 9.17) is 11.6 Å². The molecule has 0 aliphatic heterocycles. The molecule has 96 valence electrons. The molecule has 4 heteroatoms. The number of anilines is 1. The second kappa shape index (κ2) is 5.59. The van der Waals surface area contributed by atoms with E-state index in [1.54, 1.807) is 11.3 Å². The summed E-state index contributed by atoms with van der Waals surface area (Å²) in [6.07, 6.45) is 0. The van der Waals surface area contributed by atoms with Crippen molar-refractivity contribution in [1.29, 1.82) is 0 Å². The van der Waals surface area contributed by atoms with Crippen molar-refractivity contribution in [3.63, 3.8) is 0 Å². The Bertz CT molecular complexity index is 660. The normalized spacial score (nSPS) is 10.8. The number of halogens is 1. The molecule has 0 saturated heterocycles. The Morgan fingerprint density at radius 3 is 2.74 bits per heavy atom. The van der Waals surface area contributed by atoms with E-state index < -0.39 is 0 Å². The van der Waals surface area contributed by atoms with Gasteiger partial charge < -0.3 is 5.32 Å². The Hall–Kier alpha value is -1.58. The summed E-state index contributed by atoms with van der Waals surface area (Å²) in [5.74, 6) is 0.551. The predicted octanol–water partition coefficient (Wildman–Crippen LogP) is 4.65. The Morgan fingerprint density at radius 1 is 1.05 bits per heavy atom. The van der Waals surface area contributed by atoms with Gasteiger partial charge in [-0.15, -0.1) is 11.6 Å². The number of hydrogen-bond donors (Lipinski definition) is 1. The first-order valence-electron chi connectivity index (χ1n) is 6.08. The van der Waals surface area contributed by atoms with Crippen LogP contribution in [0.15, 0.2) is 48.5 Å². The van der Waals surface area contributed by atoms with Crippen molar-refractivity contribution in [3.8, 4) is 0 Å². The van der Waals surface area contributed by atoms with E-state index in [0.717, 1.165) is 22.8 Å². The lowest BCUT2D eigenvalue weighted by atomic mass is 10.1. The monoisotopic (exact) mass is 288 g/mol. The summed E-state index contributed by atoms with van der Waals surface area (Å²) in [7, 11) is 0. The molecule has 0 fully saturated rings. The van der Waals surface area contributed by atoms with Crippen molar-refractivity contribution in [2.45, 2.75) is 12.4 Å². The number of aromatic nitrogens is 1. The number of para-hydroxylation sites is 1. The fourth-order valence-corrected chi connectivity index (χ4v) is 2.98. The van der Waals surface area contributed by atoms with E-state index in [0.29, 0.717) is 5.88 Å². The summed E-state index contributed by atoms with van der Waals surface area (Å²) in [4.78, 5) is 4.55. The van der Waals surface area contributed by atoms with Crippen LogP contribution >= 0.6 is 22.9 Å². The molecule has 0 aliphatic carbocycles. The molecule has 3 aromatic rings. The standard InChI is InChI=1S/C15H13ClN2S/c16-9-11-4-3-5-12(8-11)10-17-15-18-13-6-1-2-7-14(13)19-15/h1-8H,9-10H2,(H,17,18). The van der Waals surface area contributed by atoms with E-state index in [2.05, 4.69) is 28.5 Å². The summed E-state index contributed by atoms with van der Waals surface area (Å²) in [6, 6.07) is 16.5. The van der Waals surface area contributed by atoms with Gasteiger partial charge in [0.1, 0.15) is 0 Å². The third-order valence-electron chi connectivity index (χ3n) is 2.88.